The second kappa shape index (κ2) is 6.29. The molecule has 92 valence electrons. The maximum Gasteiger partial charge on any atom is 0.292 e. The molecule has 0 aromatic rings. The van der Waals surface area contributed by atoms with Crippen molar-refractivity contribution in [1.29, 1.82) is 0 Å². The largest absolute Gasteiger partial charge is 0.438 e. The third-order valence-corrected chi connectivity index (χ3v) is 4.08. The first-order valence-electron chi connectivity index (χ1n) is 3.52. The van der Waals surface area contributed by atoms with E-state index < -0.39 is 40.4 Å². The van der Waals surface area contributed by atoms with Crippen LogP contribution in [0.1, 0.15) is 6.92 Å². The van der Waals surface area contributed by atoms with E-state index in [1.165, 1.54) is 0 Å². The van der Waals surface area contributed by atoms with E-state index in [1.807, 2.05) is 6.55 Å². The molecule has 0 atom stereocenters. The molecule has 15 heavy (non-hydrogen) atoms. The molecule has 0 aliphatic heterocycles. The van der Waals surface area contributed by atoms with Crippen LogP contribution in [0, 0.1) is 0 Å². The lowest BCUT2D eigenvalue weighted by Gasteiger charge is -2.05. The smallest absolute Gasteiger partial charge is 0.292 e. The number of hydrogen-bond acceptors (Lipinski definition) is 6. The molecule has 0 saturated carbocycles. The monoisotopic (exact) mass is 280 g/mol. The molecule has 0 saturated heterocycles. The van der Waals surface area contributed by atoms with Crippen molar-refractivity contribution in [2.24, 2.45) is 0 Å². The van der Waals surface area contributed by atoms with Crippen LogP contribution >= 0.6 is 0 Å². The summed E-state index contributed by atoms with van der Waals surface area (Å²) in [7, 11) is -10.8. The normalized spacial score (nSPS) is 12.7. The second-order valence-corrected chi connectivity index (χ2v) is 6.22. The van der Waals surface area contributed by atoms with Gasteiger partial charge in [-0.05, 0) is 6.92 Å². The summed E-state index contributed by atoms with van der Waals surface area (Å²) in [5.74, 6) is -1.37. The molecule has 8 nitrogen and oxygen atoms in total. The highest BCUT2D eigenvalue weighted by molar-refractivity contribution is 8.05. The lowest BCUT2D eigenvalue weighted by Crippen LogP contribution is -2.35. The number of ketones is 1. The quantitative estimate of drug-likeness (QED) is 0.389. The molecule has 0 unspecified atom stereocenters. The average Bonchev–Trinajstić information content (AvgIpc) is 1.77. The number of carbonyl (C=O) groups excluding carboxylic acids is 1. The van der Waals surface area contributed by atoms with Gasteiger partial charge in [-0.15, -0.1) is 0 Å². The molecular formula is C4H12O8S2Si. The van der Waals surface area contributed by atoms with Crippen molar-refractivity contribution < 1.29 is 35.5 Å². The first-order chi connectivity index (χ1) is 6.48. The van der Waals surface area contributed by atoms with E-state index in [-0.39, 0.29) is 0 Å². The van der Waals surface area contributed by atoms with Crippen LogP contribution in [-0.2, 0) is 25.0 Å². The Hall–Kier alpha value is -0.333. The molecule has 0 aliphatic carbocycles. The Morgan fingerprint density at radius 1 is 1.13 bits per heavy atom. The van der Waals surface area contributed by atoms with Crippen molar-refractivity contribution in [3.8, 4) is 0 Å². The molecule has 0 bridgehead atoms. The van der Waals surface area contributed by atoms with Gasteiger partial charge >= 0.3 is 0 Å². The zero-order valence-electron chi connectivity index (χ0n) is 7.98. The molecule has 0 rings (SSSR count). The van der Waals surface area contributed by atoms with E-state index in [1.54, 1.807) is 0 Å². The molecule has 3 N–H and O–H groups in total. The van der Waals surface area contributed by atoms with Gasteiger partial charge in [-0.2, -0.15) is 16.8 Å². The molecular weight excluding hydrogens is 268 g/mol. The van der Waals surface area contributed by atoms with E-state index in [0.717, 1.165) is 0 Å². The lowest BCUT2D eigenvalue weighted by molar-refractivity contribution is -0.115. The summed E-state index contributed by atoms with van der Waals surface area (Å²) in [6, 6.07) is 0. The molecule has 0 aromatic carbocycles. The van der Waals surface area contributed by atoms with E-state index in [0.29, 0.717) is 6.92 Å². The predicted molar refractivity (Wildman–Crippen MR) is 54.2 cm³/mol. The Labute approximate surface area is 89.8 Å². The summed E-state index contributed by atoms with van der Waals surface area (Å²) in [6.45, 7) is 2.44. The minimum absolute atomic E-state index is 0.583. The second-order valence-electron chi connectivity index (χ2n) is 2.29. The molecule has 11 heteroatoms. The molecule has 0 heterocycles. The number of Topliss-reactive ketones (excluding diaryl/α,β-unsaturated/α-hetero) is 1. The summed E-state index contributed by atoms with van der Waals surface area (Å²) in [4.78, 5) is 18.1. The molecule has 0 amide bonds. The van der Waals surface area contributed by atoms with Gasteiger partial charge in [0.05, 0.1) is 0 Å². The zero-order valence-corrected chi connectivity index (χ0v) is 11.0. The van der Waals surface area contributed by atoms with Gasteiger partial charge in [-0.1, -0.05) is 6.55 Å². The van der Waals surface area contributed by atoms with Gasteiger partial charge in [-0.3, -0.25) is 13.9 Å². The fourth-order valence-corrected chi connectivity index (χ4v) is 2.64. The highest BCUT2D eigenvalue weighted by Gasteiger charge is 2.39. The van der Waals surface area contributed by atoms with Crippen LogP contribution in [0.5, 0.6) is 0 Å². The number of hydrogen-bond donors (Lipinski definition) is 3. The SMILES string of the molecule is CC(=O)C(S(=O)(=O)O)S(=O)(=O)O.C[SiH2]O. The Morgan fingerprint density at radius 3 is 1.33 bits per heavy atom. The first kappa shape index (κ1) is 17.1. The standard InChI is InChI=1S/C3H6O7S2.CH6OSi/c1-2(4)3(11(5,6)7)12(8,9)10;1-3-2/h3H,1H3,(H,5,6,7)(H,8,9,10);2H,3H2,1H3. The average molecular weight is 280 g/mol. The Morgan fingerprint density at radius 2 is 1.33 bits per heavy atom. The summed E-state index contributed by atoms with van der Waals surface area (Å²) >= 11 is 0. The van der Waals surface area contributed by atoms with Crippen molar-refractivity contribution >= 4 is 35.8 Å². The molecule has 0 radical (unpaired) electrons. The zero-order chi connectivity index (χ0) is 12.9. The molecule has 0 fully saturated rings. The minimum Gasteiger partial charge on any atom is -0.438 e. The Bertz CT molecular complexity index is 362. The van der Waals surface area contributed by atoms with Crippen LogP contribution in [0.3, 0.4) is 0 Å². The van der Waals surface area contributed by atoms with Crippen LogP contribution in [0.2, 0.25) is 6.55 Å². The van der Waals surface area contributed by atoms with Gasteiger partial charge in [-0.25, -0.2) is 0 Å². The number of carbonyl (C=O) groups is 1. The third kappa shape index (κ3) is 7.58. The first-order valence-corrected chi connectivity index (χ1v) is 8.57. The fraction of sp³-hybridized carbons (Fsp3) is 0.750. The van der Waals surface area contributed by atoms with Crippen LogP contribution < -0.4 is 0 Å². The molecule has 0 aliphatic rings. The fourth-order valence-electron chi connectivity index (χ4n) is 0.573. The summed E-state index contributed by atoms with van der Waals surface area (Å²) < 4.78 is 54.5. The predicted octanol–water partition coefficient (Wildman–Crippen LogP) is -2.21. The van der Waals surface area contributed by atoms with Gasteiger partial charge in [0.1, 0.15) is 0 Å². The van der Waals surface area contributed by atoms with Crippen molar-refractivity contribution in [3.63, 3.8) is 0 Å². The van der Waals surface area contributed by atoms with Crippen molar-refractivity contribution in [1.82, 2.24) is 0 Å². The van der Waals surface area contributed by atoms with Gasteiger partial charge in [0.25, 0.3) is 24.8 Å². The van der Waals surface area contributed by atoms with E-state index in [2.05, 4.69) is 0 Å². The van der Waals surface area contributed by atoms with Crippen molar-refractivity contribution in [3.05, 3.63) is 0 Å². The minimum atomic E-state index is -5.11. The van der Waals surface area contributed by atoms with Crippen LogP contribution in [-0.4, -0.2) is 50.9 Å². The maximum atomic E-state index is 10.4. The van der Waals surface area contributed by atoms with Gasteiger partial charge in [0.2, 0.25) is 0 Å². The van der Waals surface area contributed by atoms with Crippen molar-refractivity contribution in [2.75, 3.05) is 0 Å². The topological polar surface area (TPSA) is 146 Å². The van der Waals surface area contributed by atoms with E-state index >= 15 is 0 Å². The van der Waals surface area contributed by atoms with Gasteiger partial charge in [0, 0.05) is 0 Å². The summed E-state index contributed by atoms with van der Waals surface area (Å²) in [5, 5.41) is 0. The highest BCUT2D eigenvalue weighted by atomic mass is 32.3. The van der Waals surface area contributed by atoms with Gasteiger partial charge < -0.3 is 4.80 Å². The van der Waals surface area contributed by atoms with Crippen LogP contribution in [0.15, 0.2) is 0 Å². The molecule has 0 spiro atoms. The lowest BCUT2D eigenvalue weighted by atomic mass is 10.5. The maximum absolute atomic E-state index is 10.4. The molecule has 0 aromatic heterocycles. The van der Waals surface area contributed by atoms with E-state index in [4.69, 9.17) is 13.9 Å². The van der Waals surface area contributed by atoms with Gasteiger partial charge in [0.15, 0.2) is 15.5 Å². The number of rotatable bonds is 3. The Balaban J connectivity index is 0. The summed E-state index contributed by atoms with van der Waals surface area (Å²) in [5.41, 5.74) is 0. The summed E-state index contributed by atoms with van der Waals surface area (Å²) in [6.07, 6.45) is 0. The van der Waals surface area contributed by atoms with Crippen molar-refractivity contribution in [2.45, 2.75) is 18.1 Å². The Kier molecular flexibility index (Phi) is 7.16. The van der Waals surface area contributed by atoms with Crippen LogP contribution in [0.4, 0.5) is 0 Å². The van der Waals surface area contributed by atoms with E-state index in [9.17, 15) is 21.6 Å². The highest BCUT2D eigenvalue weighted by Crippen LogP contribution is 2.07. The third-order valence-electron chi connectivity index (χ3n) is 0.873. The van der Waals surface area contributed by atoms with Crippen LogP contribution in [0.25, 0.3) is 0 Å².